The Hall–Kier alpha value is -2.64. The number of ether oxygens (including phenoxy) is 2. The number of carbonyl (C=O) groups excluding carboxylic acids is 1. The van der Waals surface area contributed by atoms with Crippen molar-refractivity contribution in [3.05, 3.63) is 52.8 Å². The number of hydrogen-bond acceptors (Lipinski definition) is 5. The van der Waals surface area contributed by atoms with Gasteiger partial charge in [-0.1, -0.05) is 23.7 Å². The summed E-state index contributed by atoms with van der Waals surface area (Å²) >= 11 is 5.97. The molecule has 0 aromatic heterocycles. The van der Waals surface area contributed by atoms with Crippen molar-refractivity contribution in [2.24, 2.45) is 10.7 Å². The van der Waals surface area contributed by atoms with E-state index in [1.54, 1.807) is 19.2 Å². The molecule has 2 atom stereocenters. The Balaban J connectivity index is 1.68. The van der Waals surface area contributed by atoms with Gasteiger partial charge in [0.25, 0.3) is 5.91 Å². The van der Waals surface area contributed by atoms with E-state index in [-0.39, 0.29) is 16.9 Å². The molecule has 3 heterocycles. The summed E-state index contributed by atoms with van der Waals surface area (Å²) in [6.45, 7) is 1.07. The number of hydrogen-bond donors (Lipinski definition) is 1. The molecule has 30 heavy (non-hydrogen) atoms. The van der Waals surface area contributed by atoms with E-state index in [9.17, 15) is 9.18 Å². The summed E-state index contributed by atoms with van der Waals surface area (Å²) in [6.07, 6.45) is 1.97. The second kappa shape index (κ2) is 6.68. The first-order valence-electron chi connectivity index (χ1n) is 9.84. The molecular formula is C22H21ClFN3O3. The number of nitrogens with zero attached hydrogens (tertiary/aromatic N) is 2. The molecule has 2 N–H and O–H groups in total. The summed E-state index contributed by atoms with van der Waals surface area (Å²) in [6, 6.07) is 10.1. The van der Waals surface area contributed by atoms with Crippen molar-refractivity contribution in [2.45, 2.75) is 30.4 Å². The molecule has 3 aliphatic heterocycles. The number of rotatable bonds is 1. The van der Waals surface area contributed by atoms with Gasteiger partial charge in [0.05, 0.1) is 11.6 Å². The highest BCUT2D eigenvalue weighted by atomic mass is 35.5. The number of carbonyl (C=O) groups is 1. The maximum Gasteiger partial charge on any atom is 0.261 e. The summed E-state index contributed by atoms with van der Waals surface area (Å²) in [4.78, 5) is 19.4. The van der Waals surface area contributed by atoms with Crippen LogP contribution in [-0.2, 0) is 15.1 Å². The summed E-state index contributed by atoms with van der Waals surface area (Å²) in [5, 5.41) is 0.0356. The van der Waals surface area contributed by atoms with Gasteiger partial charge in [0.2, 0.25) is 0 Å². The maximum absolute atomic E-state index is 13.6. The Morgan fingerprint density at radius 3 is 2.67 bits per heavy atom. The summed E-state index contributed by atoms with van der Waals surface area (Å²) in [7, 11) is 1.62. The minimum atomic E-state index is -1.17. The highest BCUT2D eigenvalue weighted by Crippen LogP contribution is 2.51. The Morgan fingerprint density at radius 1 is 1.23 bits per heavy atom. The van der Waals surface area contributed by atoms with Gasteiger partial charge in [-0.3, -0.25) is 9.69 Å². The summed E-state index contributed by atoms with van der Waals surface area (Å²) in [5.41, 5.74) is 6.42. The number of aliphatic imine (C=N–C) groups is 1. The molecule has 1 saturated heterocycles. The number of likely N-dealkylation sites (N-methyl/N-ethyl adjacent to an activating group) is 1. The lowest BCUT2D eigenvalue weighted by Gasteiger charge is -2.46. The van der Waals surface area contributed by atoms with E-state index in [0.29, 0.717) is 30.9 Å². The molecule has 0 aliphatic carbocycles. The van der Waals surface area contributed by atoms with Crippen LogP contribution in [-0.4, -0.2) is 42.6 Å². The van der Waals surface area contributed by atoms with Gasteiger partial charge in [0, 0.05) is 25.6 Å². The zero-order chi connectivity index (χ0) is 21.1. The van der Waals surface area contributed by atoms with Crippen molar-refractivity contribution in [3.8, 4) is 16.9 Å². The van der Waals surface area contributed by atoms with Crippen LogP contribution in [0, 0.1) is 5.82 Å². The molecular weight excluding hydrogens is 409 g/mol. The Kier molecular flexibility index (Phi) is 4.31. The van der Waals surface area contributed by atoms with Crippen LogP contribution < -0.4 is 10.5 Å². The van der Waals surface area contributed by atoms with Gasteiger partial charge in [-0.15, -0.1) is 0 Å². The third kappa shape index (κ3) is 2.80. The Bertz CT molecular complexity index is 1080. The molecule has 0 radical (unpaired) electrons. The minimum Gasteiger partial charge on any atom is -0.484 e. The first-order chi connectivity index (χ1) is 14.3. The topological polar surface area (TPSA) is 77.2 Å². The average Bonchev–Trinajstić information content (AvgIpc) is 2.94. The highest BCUT2D eigenvalue weighted by Gasteiger charge is 2.58. The van der Waals surface area contributed by atoms with Gasteiger partial charge in [-0.05, 0) is 48.2 Å². The van der Waals surface area contributed by atoms with Crippen molar-refractivity contribution in [1.29, 1.82) is 0 Å². The first kappa shape index (κ1) is 19.3. The van der Waals surface area contributed by atoms with Gasteiger partial charge >= 0.3 is 0 Å². The molecule has 5 rings (SSSR count). The lowest BCUT2D eigenvalue weighted by Crippen LogP contribution is -2.55. The van der Waals surface area contributed by atoms with Crippen LogP contribution in [0.5, 0.6) is 5.75 Å². The second-order valence-electron chi connectivity index (χ2n) is 8.15. The van der Waals surface area contributed by atoms with Crippen LogP contribution in [0.4, 0.5) is 4.39 Å². The van der Waals surface area contributed by atoms with Crippen molar-refractivity contribution in [2.75, 3.05) is 20.3 Å². The molecule has 0 saturated carbocycles. The minimum absolute atomic E-state index is 0.0356. The zero-order valence-electron chi connectivity index (χ0n) is 16.5. The number of nitrogens with two attached hydrogens (primary N) is 1. The quantitative estimate of drug-likeness (QED) is 0.753. The molecule has 0 bridgehead atoms. The van der Waals surface area contributed by atoms with E-state index in [1.807, 2.05) is 18.2 Å². The SMILES string of the molecule is CN1C(=O)C2(CC3(CCCOC3)Oc3ccc(-c4ccc(F)c(Cl)c4)cc32)N=C1N. The number of fused-ring (bicyclic) bond motifs is 2. The van der Waals surface area contributed by atoms with E-state index in [1.165, 1.54) is 11.0 Å². The number of guanidine groups is 1. The van der Waals surface area contributed by atoms with Gasteiger partial charge in [-0.2, -0.15) is 0 Å². The van der Waals surface area contributed by atoms with Gasteiger partial charge in [-0.25, -0.2) is 9.38 Å². The molecule has 2 spiro atoms. The fourth-order valence-corrected chi connectivity index (χ4v) is 4.85. The zero-order valence-corrected chi connectivity index (χ0v) is 17.2. The van der Waals surface area contributed by atoms with E-state index >= 15 is 0 Å². The summed E-state index contributed by atoms with van der Waals surface area (Å²) in [5.74, 6) is 0.0880. The first-order valence-corrected chi connectivity index (χ1v) is 10.2. The molecule has 6 nitrogen and oxygen atoms in total. The smallest absolute Gasteiger partial charge is 0.261 e. The molecule has 8 heteroatoms. The summed E-state index contributed by atoms with van der Waals surface area (Å²) < 4.78 is 25.7. The van der Waals surface area contributed by atoms with Crippen LogP contribution in [0.15, 0.2) is 41.4 Å². The van der Waals surface area contributed by atoms with Crippen LogP contribution in [0.1, 0.15) is 24.8 Å². The maximum atomic E-state index is 13.6. The Labute approximate surface area is 178 Å². The van der Waals surface area contributed by atoms with Crippen LogP contribution in [0.2, 0.25) is 5.02 Å². The molecule has 1 amide bonds. The monoisotopic (exact) mass is 429 g/mol. The highest BCUT2D eigenvalue weighted by molar-refractivity contribution is 6.31. The fraction of sp³-hybridized carbons (Fsp3) is 0.364. The van der Waals surface area contributed by atoms with E-state index in [2.05, 4.69) is 4.99 Å². The van der Waals surface area contributed by atoms with E-state index < -0.39 is 17.0 Å². The predicted octanol–water partition coefficient (Wildman–Crippen LogP) is 3.46. The van der Waals surface area contributed by atoms with E-state index in [4.69, 9.17) is 26.8 Å². The molecule has 2 aromatic carbocycles. The number of amides is 1. The number of benzene rings is 2. The molecule has 156 valence electrons. The fourth-order valence-electron chi connectivity index (χ4n) is 4.67. The molecule has 2 aromatic rings. The van der Waals surface area contributed by atoms with Crippen LogP contribution in [0.25, 0.3) is 11.1 Å². The van der Waals surface area contributed by atoms with Crippen LogP contribution in [0.3, 0.4) is 0 Å². The molecule has 1 fully saturated rings. The third-order valence-electron chi connectivity index (χ3n) is 6.18. The van der Waals surface area contributed by atoms with Crippen molar-refractivity contribution >= 4 is 23.5 Å². The van der Waals surface area contributed by atoms with E-state index in [0.717, 1.165) is 24.0 Å². The van der Waals surface area contributed by atoms with Gasteiger partial charge < -0.3 is 15.2 Å². The van der Waals surface area contributed by atoms with Crippen molar-refractivity contribution in [1.82, 2.24) is 4.90 Å². The largest absolute Gasteiger partial charge is 0.484 e. The standard InChI is InChI=1S/C22H21ClFN3O3/c1-27-19(28)22(26-20(27)25)11-21(7-2-8-29-12-21)30-18-6-4-13(9-15(18)22)14-3-5-17(24)16(23)10-14/h3-6,9-10H,2,7-8,11-12H2,1H3,(H2,25,26). The van der Waals surface area contributed by atoms with Gasteiger partial charge in [0.1, 0.15) is 17.2 Å². The van der Waals surface area contributed by atoms with Crippen molar-refractivity contribution in [3.63, 3.8) is 0 Å². The predicted molar refractivity (Wildman–Crippen MR) is 111 cm³/mol. The normalized spacial score (nSPS) is 27.9. The van der Waals surface area contributed by atoms with Crippen LogP contribution >= 0.6 is 11.6 Å². The second-order valence-corrected chi connectivity index (χ2v) is 8.56. The number of halogens is 2. The molecule has 3 aliphatic rings. The average molecular weight is 430 g/mol. The lowest BCUT2D eigenvalue weighted by atomic mass is 9.74. The third-order valence-corrected chi connectivity index (χ3v) is 6.47. The molecule has 2 unspecified atom stereocenters. The Morgan fingerprint density at radius 2 is 2.00 bits per heavy atom. The van der Waals surface area contributed by atoms with Crippen molar-refractivity contribution < 1.29 is 18.7 Å². The van der Waals surface area contributed by atoms with Gasteiger partial charge in [0.15, 0.2) is 11.5 Å². The lowest BCUT2D eigenvalue weighted by molar-refractivity contribution is -0.139.